The molecular weight excluding hydrogens is 254 g/mol. The summed E-state index contributed by atoms with van der Waals surface area (Å²) in [6.07, 6.45) is 4.50. The molecule has 104 valence electrons. The van der Waals surface area contributed by atoms with E-state index in [1.807, 2.05) is 31.2 Å². The van der Waals surface area contributed by atoms with E-state index in [9.17, 15) is 4.79 Å². The lowest BCUT2D eigenvalue weighted by molar-refractivity contribution is 0.0767. The van der Waals surface area contributed by atoms with Gasteiger partial charge in [0.15, 0.2) is 0 Å². The zero-order valence-corrected chi connectivity index (χ0v) is 11.6. The summed E-state index contributed by atoms with van der Waals surface area (Å²) >= 11 is 0. The number of carbonyl (C=O) groups excluding carboxylic acids is 1. The van der Waals surface area contributed by atoms with E-state index >= 15 is 0 Å². The summed E-state index contributed by atoms with van der Waals surface area (Å²) in [6, 6.07) is 7.80. The third-order valence-corrected chi connectivity index (χ3v) is 2.91. The molecule has 0 aliphatic heterocycles. The summed E-state index contributed by atoms with van der Waals surface area (Å²) in [7, 11) is 1.72. The third kappa shape index (κ3) is 3.54. The van der Waals surface area contributed by atoms with Crippen molar-refractivity contribution in [1.29, 1.82) is 0 Å². The van der Waals surface area contributed by atoms with E-state index in [0.717, 1.165) is 11.3 Å². The number of benzene rings is 1. The maximum absolute atomic E-state index is 12.0. The summed E-state index contributed by atoms with van der Waals surface area (Å²) in [5.74, 6) is 0.680. The molecule has 0 atom stereocenters. The van der Waals surface area contributed by atoms with Crippen molar-refractivity contribution in [3.05, 3.63) is 54.1 Å². The molecule has 0 aliphatic carbocycles. The molecule has 1 aromatic heterocycles. The normalized spacial score (nSPS) is 10.1. The van der Waals surface area contributed by atoms with Crippen LogP contribution >= 0.6 is 0 Å². The summed E-state index contributed by atoms with van der Waals surface area (Å²) in [5, 5.41) is 0. The van der Waals surface area contributed by atoms with Crippen LogP contribution in [0, 0.1) is 6.92 Å². The smallest absolute Gasteiger partial charge is 0.273 e. The molecule has 2 aromatic rings. The number of hydrogen-bond donors (Lipinski definition) is 0. The Morgan fingerprint density at radius 3 is 2.80 bits per heavy atom. The van der Waals surface area contributed by atoms with Crippen molar-refractivity contribution in [1.82, 2.24) is 14.9 Å². The van der Waals surface area contributed by atoms with E-state index in [2.05, 4.69) is 9.97 Å². The van der Waals surface area contributed by atoms with Crippen molar-refractivity contribution >= 4 is 5.91 Å². The van der Waals surface area contributed by atoms with Crippen molar-refractivity contribution in [2.24, 2.45) is 0 Å². The van der Waals surface area contributed by atoms with Crippen LogP contribution in [0.3, 0.4) is 0 Å². The van der Waals surface area contributed by atoms with Crippen LogP contribution in [0.15, 0.2) is 42.9 Å². The van der Waals surface area contributed by atoms with Crippen LogP contribution in [0.1, 0.15) is 16.1 Å². The van der Waals surface area contributed by atoms with E-state index in [1.54, 1.807) is 11.9 Å². The fourth-order valence-electron chi connectivity index (χ4n) is 1.72. The maximum atomic E-state index is 12.0. The van der Waals surface area contributed by atoms with Gasteiger partial charge in [-0.1, -0.05) is 18.2 Å². The largest absolute Gasteiger partial charge is 0.491 e. The first kappa shape index (κ1) is 14.0. The molecule has 0 saturated carbocycles. The number of aromatic nitrogens is 2. The molecule has 0 unspecified atom stereocenters. The number of carbonyl (C=O) groups is 1. The fourth-order valence-corrected chi connectivity index (χ4v) is 1.72. The van der Waals surface area contributed by atoms with Crippen LogP contribution < -0.4 is 4.74 Å². The molecule has 0 fully saturated rings. The number of ether oxygens (including phenoxy) is 1. The monoisotopic (exact) mass is 271 g/mol. The van der Waals surface area contributed by atoms with Crippen molar-refractivity contribution in [3.63, 3.8) is 0 Å². The first-order valence-corrected chi connectivity index (χ1v) is 6.38. The predicted octanol–water partition coefficient (Wildman–Crippen LogP) is 1.94. The number of amides is 1. The van der Waals surface area contributed by atoms with Gasteiger partial charge in [-0.25, -0.2) is 4.98 Å². The second-order valence-electron chi connectivity index (χ2n) is 4.43. The van der Waals surface area contributed by atoms with Crippen LogP contribution in [0.5, 0.6) is 5.75 Å². The molecule has 1 amide bonds. The average molecular weight is 271 g/mol. The number of nitrogens with zero attached hydrogens (tertiary/aromatic N) is 3. The van der Waals surface area contributed by atoms with Crippen LogP contribution in [0.4, 0.5) is 0 Å². The minimum Gasteiger partial charge on any atom is -0.491 e. The highest BCUT2D eigenvalue weighted by atomic mass is 16.5. The lowest BCUT2D eigenvalue weighted by Gasteiger charge is -2.17. The van der Waals surface area contributed by atoms with E-state index in [4.69, 9.17) is 4.74 Å². The van der Waals surface area contributed by atoms with E-state index in [1.165, 1.54) is 18.6 Å². The minimum absolute atomic E-state index is 0.161. The second kappa shape index (κ2) is 6.65. The number of hydrogen-bond acceptors (Lipinski definition) is 4. The standard InChI is InChI=1S/C15H17N3O2/c1-12-5-3-4-6-14(12)20-10-9-18(2)15(19)13-11-16-7-8-17-13/h3-8,11H,9-10H2,1-2H3. The van der Waals surface area contributed by atoms with Crippen LogP contribution in [0.25, 0.3) is 0 Å². The highest BCUT2D eigenvalue weighted by Crippen LogP contribution is 2.15. The Balaban J connectivity index is 1.85. The van der Waals surface area contributed by atoms with Gasteiger partial charge in [0.25, 0.3) is 5.91 Å². The summed E-state index contributed by atoms with van der Waals surface area (Å²) in [4.78, 5) is 21.5. The Hall–Kier alpha value is -2.43. The van der Waals surface area contributed by atoms with Crippen molar-refractivity contribution < 1.29 is 9.53 Å². The van der Waals surface area contributed by atoms with Gasteiger partial charge in [-0.3, -0.25) is 9.78 Å². The molecule has 1 aromatic carbocycles. The molecule has 5 nitrogen and oxygen atoms in total. The predicted molar refractivity (Wildman–Crippen MR) is 75.7 cm³/mol. The molecule has 0 aliphatic rings. The van der Waals surface area contributed by atoms with E-state index in [0.29, 0.717) is 18.8 Å². The Bertz CT molecular complexity index is 572. The van der Waals surface area contributed by atoms with Gasteiger partial charge in [-0.15, -0.1) is 0 Å². The van der Waals surface area contributed by atoms with Gasteiger partial charge in [0.2, 0.25) is 0 Å². The molecule has 20 heavy (non-hydrogen) atoms. The average Bonchev–Trinajstić information content (AvgIpc) is 2.49. The molecule has 0 saturated heterocycles. The highest BCUT2D eigenvalue weighted by molar-refractivity contribution is 5.91. The first-order valence-electron chi connectivity index (χ1n) is 6.38. The van der Waals surface area contributed by atoms with Gasteiger partial charge < -0.3 is 9.64 Å². The molecule has 5 heteroatoms. The molecule has 2 rings (SSSR count). The van der Waals surface area contributed by atoms with Crippen LogP contribution in [-0.4, -0.2) is 41.0 Å². The fraction of sp³-hybridized carbons (Fsp3) is 0.267. The van der Waals surface area contributed by atoms with Gasteiger partial charge in [0, 0.05) is 19.4 Å². The Morgan fingerprint density at radius 1 is 1.30 bits per heavy atom. The highest BCUT2D eigenvalue weighted by Gasteiger charge is 2.12. The number of likely N-dealkylation sites (N-methyl/N-ethyl adjacent to an activating group) is 1. The van der Waals surface area contributed by atoms with E-state index in [-0.39, 0.29) is 5.91 Å². The third-order valence-electron chi connectivity index (χ3n) is 2.91. The Kier molecular flexibility index (Phi) is 4.65. The molecule has 1 heterocycles. The van der Waals surface area contributed by atoms with Gasteiger partial charge in [-0.05, 0) is 18.6 Å². The lowest BCUT2D eigenvalue weighted by atomic mass is 10.2. The van der Waals surface area contributed by atoms with Crippen molar-refractivity contribution in [2.75, 3.05) is 20.2 Å². The molecular formula is C15H17N3O2. The number of aryl methyl sites for hydroxylation is 1. The minimum atomic E-state index is -0.161. The van der Waals surface area contributed by atoms with Crippen LogP contribution in [-0.2, 0) is 0 Å². The number of para-hydroxylation sites is 1. The molecule has 0 spiro atoms. The SMILES string of the molecule is Cc1ccccc1OCCN(C)C(=O)c1cnccn1. The van der Waals surface area contributed by atoms with E-state index < -0.39 is 0 Å². The van der Waals surface area contributed by atoms with Gasteiger partial charge in [0.1, 0.15) is 18.1 Å². The Morgan fingerprint density at radius 2 is 2.10 bits per heavy atom. The topological polar surface area (TPSA) is 55.3 Å². The molecule has 0 bridgehead atoms. The first-order chi connectivity index (χ1) is 9.68. The van der Waals surface area contributed by atoms with Gasteiger partial charge >= 0.3 is 0 Å². The zero-order valence-electron chi connectivity index (χ0n) is 11.6. The maximum Gasteiger partial charge on any atom is 0.273 e. The van der Waals surface area contributed by atoms with Crippen LogP contribution in [0.2, 0.25) is 0 Å². The summed E-state index contributed by atoms with van der Waals surface area (Å²) < 4.78 is 5.66. The summed E-state index contributed by atoms with van der Waals surface area (Å²) in [5.41, 5.74) is 1.42. The van der Waals surface area contributed by atoms with Crippen molar-refractivity contribution in [2.45, 2.75) is 6.92 Å². The molecule has 0 radical (unpaired) electrons. The quantitative estimate of drug-likeness (QED) is 0.834. The van der Waals surface area contributed by atoms with Gasteiger partial charge in [0.05, 0.1) is 12.7 Å². The van der Waals surface area contributed by atoms with Gasteiger partial charge in [-0.2, -0.15) is 0 Å². The zero-order chi connectivity index (χ0) is 14.4. The summed E-state index contributed by atoms with van der Waals surface area (Å²) in [6.45, 7) is 2.92. The second-order valence-corrected chi connectivity index (χ2v) is 4.43. The number of rotatable bonds is 5. The Labute approximate surface area is 118 Å². The lowest BCUT2D eigenvalue weighted by Crippen LogP contribution is -2.31. The van der Waals surface area contributed by atoms with Crippen molar-refractivity contribution in [3.8, 4) is 5.75 Å². The molecule has 0 N–H and O–H groups in total.